The maximum atomic E-state index is 12.3. The van der Waals surface area contributed by atoms with Gasteiger partial charge < -0.3 is 10.1 Å². The molecule has 0 radical (unpaired) electrons. The Kier molecular flexibility index (Phi) is 3.89. The largest absolute Gasteiger partial charge is 0.478 e. The van der Waals surface area contributed by atoms with E-state index < -0.39 is 16.0 Å². The van der Waals surface area contributed by atoms with E-state index in [1.165, 1.54) is 24.3 Å². The number of aromatic carboxylic acids is 1. The summed E-state index contributed by atoms with van der Waals surface area (Å²) in [7, 11) is -3.70. The molecule has 3 rings (SSSR count). The highest BCUT2D eigenvalue weighted by Crippen LogP contribution is 2.18. The normalized spacial score (nSPS) is 11.7. The number of sulfonamides is 1. The predicted molar refractivity (Wildman–Crippen MR) is 85.7 cm³/mol. The highest BCUT2D eigenvalue weighted by Gasteiger charge is 2.15. The molecule has 2 aromatic carbocycles. The van der Waals surface area contributed by atoms with Crippen LogP contribution in [0.4, 0.5) is 0 Å². The third-order valence-corrected chi connectivity index (χ3v) is 4.96. The molecule has 0 amide bonds. The summed E-state index contributed by atoms with van der Waals surface area (Å²) in [4.78, 5) is 13.9. The number of hydrogen-bond donors (Lipinski definition) is 3. The zero-order valence-corrected chi connectivity index (χ0v) is 12.8. The van der Waals surface area contributed by atoms with Crippen LogP contribution in [0.1, 0.15) is 15.9 Å². The van der Waals surface area contributed by atoms with E-state index in [1.54, 1.807) is 6.20 Å². The average molecular weight is 330 g/mol. The molecule has 0 saturated carbocycles. The molecule has 0 aliphatic carbocycles. The van der Waals surface area contributed by atoms with Gasteiger partial charge in [-0.05, 0) is 35.9 Å². The number of fused-ring (bicyclic) bond motifs is 1. The second kappa shape index (κ2) is 5.86. The van der Waals surface area contributed by atoms with E-state index in [1.807, 2.05) is 24.3 Å². The van der Waals surface area contributed by atoms with Gasteiger partial charge in [-0.1, -0.05) is 18.2 Å². The fourth-order valence-corrected chi connectivity index (χ4v) is 3.32. The highest BCUT2D eigenvalue weighted by molar-refractivity contribution is 7.89. The van der Waals surface area contributed by atoms with Crippen LogP contribution < -0.4 is 4.72 Å². The molecule has 0 aliphatic heterocycles. The number of aromatic amines is 1. The molecular formula is C16H14N2O4S. The molecule has 6 nitrogen and oxygen atoms in total. The van der Waals surface area contributed by atoms with Crippen molar-refractivity contribution in [2.45, 2.75) is 11.4 Å². The lowest BCUT2D eigenvalue weighted by Gasteiger charge is -2.06. The number of hydrogen-bond acceptors (Lipinski definition) is 3. The van der Waals surface area contributed by atoms with E-state index in [0.29, 0.717) is 0 Å². The van der Waals surface area contributed by atoms with Crippen molar-refractivity contribution in [2.75, 3.05) is 0 Å². The minimum Gasteiger partial charge on any atom is -0.478 e. The molecule has 0 atom stereocenters. The minimum absolute atomic E-state index is 0.0299. The first-order chi connectivity index (χ1) is 11.0. The Morgan fingerprint density at radius 3 is 2.48 bits per heavy atom. The van der Waals surface area contributed by atoms with Crippen LogP contribution >= 0.6 is 0 Å². The summed E-state index contributed by atoms with van der Waals surface area (Å²) < 4.78 is 27.1. The second-order valence-corrected chi connectivity index (χ2v) is 6.78. The number of aromatic nitrogens is 1. The monoisotopic (exact) mass is 330 g/mol. The van der Waals surface area contributed by atoms with Crippen molar-refractivity contribution in [2.24, 2.45) is 0 Å². The summed E-state index contributed by atoms with van der Waals surface area (Å²) >= 11 is 0. The molecule has 3 N–H and O–H groups in total. The predicted octanol–water partition coefficient (Wildman–Crippen LogP) is 2.34. The molecule has 7 heteroatoms. The summed E-state index contributed by atoms with van der Waals surface area (Å²) in [5, 5.41) is 9.79. The first-order valence-corrected chi connectivity index (χ1v) is 8.34. The molecule has 0 unspecified atom stereocenters. The molecular weight excluding hydrogens is 316 g/mol. The third kappa shape index (κ3) is 3.10. The van der Waals surface area contributed by atoms with Gasteiger partial charge in [-0.2, -0.15) is 0 Å². The Hall–Kier alpha value is -2.64. The number of rotatable bonds is 5. The van der Waals surface area contributed by atoms with Crippen LogP contribution in [0.5, 0.6) is 0 Å². The van der Waals surface area contributed by atoms with Gasteiger partial charge in [-0.3, -0.25) is 0 Å². The minimum atomic E-state index is -3.70. The summed E-state index contributed by atoms with van der Waals surface area (Å²) in [5.74, 6) is -1.10. The van der Waals surface area contributed by atoms with E-state index in [4.69, 9.17) is 5.11 Å². The third-order valence-electron chi connectivity index (χ3n) is 3.54. The maximum absolute atomic E-state index is 12.3. The molecule has 0 bridgehead atoms. The number of carboxylic acid groups (broad SMARTS) is 1. The topological polar surface area (TPSA) is 99.3 Å². The molecule has 0 spiro atoms. The molecule has 0 fully saturated rings. The molecule has 118 valence electrons. The van der Waals surface area contributed by atoms with Crippen LogP contribution in [0, 0.1) is 0 Å². The molecule has 3 aromatic rings. The quantitative estimate of drug-likeness (QED) is 0.668. The van der Waals surface area contributed by atoms with Crippen molar-refractivity contribution in [3.05, 3.63) is 65.9 Å². The van der Waals surface area contributed by atoms with Crippen molar-refractivity contribution in [3.63, 3.8) is 0 Å². The molecule has 23 heavy (non-hydrogen) atoms. The Morgan fingerprint density at radius 1 is 1.09 bits per heavy atom. The standard InChI is InChI=1S/C16H14N2O4S/c19-16(20)11-5-7-13(8-6-11)23(21,22)18-10-12-9-17-15-4-2-1-3-14(12)15/h1-9,17-18H,10H2,(H,19,20). The van der Waals surface area contributed by atoms with Crippen molar-refractivity contribution in [3.8, 4) is 0 Å². The van der Waals surface area contributed by atoms with E-state index >= 15 is 0 Å². The summed E-state index contributed by atoms with van der Waals surface area (Å²) in [6.45, 7) is 0.146. The molecule has 0 saturated heterocycles. The van der Waals surface area contributed by atoms with Gasteiger partial charge in [0.2, 0.25) is 10.0 Å². The van der Waals surface area contributed by atoms with E-state index in [-0.39, 0.29) is 17.0 Å². The Morgan fingerprint density at radius 2 is 1.78 bits per heavy atom. The summed E-state index contributed by atoms with van der Waals surface area (Å²) in [6, 6.07) is 12.7. The van der Waals surface area contributed by atoms with E-state index in [9.17, 15) is 13.2 Å². The van der Waals surface area contributed by atoms with Crippen molar-refractivity contribution < 1.29 is 18.3 Å². The Balaban J connectivity index is 1.80. The molecule has 1 heterocycles. The van der Waals surface area contributed by atoms with Gasteiger partial charge in [-0.15, -0.1) is 0 Å². The van der Waals surface area contributed by atoms with Crippen LogP contribution in [-0.4, -0.2) is 24.5 Å². The fraction of sp³-hybridized carbons (Fsp3) is 0.0625. The Bertz CT molecular complexity index is 959. The van der Waals surface area contributed by atoms with Crippen LogP contribution in [0.2, 0.25) is 0 Å². The number of carbonyl (C=O) groups is 1. The van der Waals surface area contributed by atoms with Crippen molar-refractivity contribution >= 4 is 26.9 Å². The fourth-order valence-electron chi connectivity index (χ4n) is 2.31. The maximum Gasteiger partial charge on any atom is 0.335 e. The van der Waals surface area contributed by atoms with Gasteiger partial charge >= 0.3 is 5.97 Å². The summed E-state index contributed by atoms with van der Waals surface area (Å²) in [6.07, 6.45) is 1.76. The van der Waals surface area contributed by atoms with Gasteiger partial charge in [0.25, 0.3) is 0 Å². The second-order valence-electron chi connectivity index (χ2n) is 5.01. The average Bonchev–Trinajstić information content (AvgIpc) is 2.96. The highest BCUT2D eigenvalue weighted by atomic mass is 32.2. The molecule has 1 aromatic heterocycles. The van der Waals surface area contributed by atoms with Gasteiger partial charge in [0.1, 0.15) is 0 Å². The van der Waals surface area contributed by atoms with Crippen molar-refractivity contribution in [1.29, 1.82) is 0 Å². The van der Waals surface area contributed by atoms with Gasteiger partial charge in [0, 0.05) is 23.6 Å². The van der Waals surface area contributed by atoms with E-state index in [2.05, 4.69) is 9.71 Å². The lowest BCUT2D eigenvalue weighted by Crippen LogP contribution is -2.23. The zero-order valence-electron chi connectivity index (χ0n) is 12.0. The van der Waals surface area contributed by atoms with Gasteiger partial charge in [0.15, 0.2) is 0 Å². The number of carboxylic acids is 1. The number of H-pyrrole nitrogens is 1. The van der Waals surface area contributed by atoms with Crippen LogP contribution in [0.3, 0.4) is 0 Å². The van der Waals surface area contributed by atoms with E-state index in [0.717, 1.165) is 16.5 Å². The smallest absolute Gasteiger partial charge is 0.335 e. The number of benzene rings is 2. The van der Waals surface area contributed by atoms with Gasteiger partial charge in [-0.25, -0.2) is 17.9 Å². The first-order valence-electron chi connectivity index (χ1n) is 6.85. The van der Waals surface area contributed by atoms with Crippen LogP contribution in [0.15, 0.2) is 59.6 Å². The molecule has 0 aliphatic rings. The lowest BCUT2D eigenvalue weighted by molar-refractivity contribution is 0.0696. The first kappa shape index (κ1) is 15.3. The van der Waals surface area contributed by atoms with Gasteiger partial charge in [0.05, 0.1) is 10.5 Å². The number of nitrogens with one attached hydrogen (secondary N) is 2. The number of para-hydroxylation sites is 1. The SMILES string of the molecule is O=C(O)c1ccc(S(=O)(=O)NCc2c[nH]c3ccccc23)cc1. The van der Waals surface area contributed by atoms with Crippen LogP contribution in [0.25, 0.3) is 10.9 Å². The lowest BCUT2D eigenvalue weighted by atomic mass is 10.2. The Labute approximate surface area is 132 Å². The summed E-state index contributed by atoms with van der Waals surface area (Å²) in [5.41, 5.74) is 1.82. The zero-order chi connectivity index (χ0) is 16.4. The van der Waals surface area contributed by atoms with Crippen molar-refractivity contribution in [1.82, 2.24) is 9.71 Å². The van der Waals surface area contributed by atoms with Crippen LogP contribution in [-0.2, 0) is 16.6 Å².